The lowest BCUT2D eigenvalue weighted by Crippen LogP contribution is -2.30. The first-order valence-corrected chi connectivity index (χ1v) is 6.33. The number of rotatable bonds is 5. The molecule has 0 saturated heterocycles. The van der Waals surface area contributed by atoms with Crippen molar-refractivity contribution >= 4 is 33.3 Å². The number of nitrogens with zero attached hydrogens (tertiary/aromatic N) is 3. The molecule has 88 valence electrons. The van der Waals surface area contributed by atoms with Crippen LogP contribution in [0.15, 0.2) is 10.7 Å². The SMILES string of the molecule is COCCN(c1nc(Cl)ncc1Br)C1CC1. The van der Waals surface area contributed by atoms with E-state index >= 15 is 0 Å². The van der Waals surface area contributed by atoms with Gasteiger partial charge in [-0.15, -0.1) is 0 Å². The Kier molecular flexibility index (Phi) is 4.00. The summed E-state index contributed by atoms with van der Waals surface area (Å²) in [6, 6.07) is 0.567. The fourth-order valence-electron chi connectivity index (χ4n) is 1.58. The maximum atomic E-state index is 5.82. The van der Waals surface area contributed by atoms with Gasteiger partial charge in [-0.25, -0.2) is 4.98 Å². The summed E-state index contributed by atoms with van der Waals surface area (Å²) in [6.45, 7) is 1.51. The molecule has 0 amide bonds. The fraction of sp³-hybridized carbons (Fsp3) is 0.600. The molecule has 4 nitrogen and oxygen atoms in total. The van der Waals surface area contributed by atoms with Gasteiger partial charge in [0, 0.05) is 25.9 Å². The van der Waals surface area contributed by atoms with Crippen LogP contribution in [0, 0.1) is 0 Å². The maximum absolute atomic E-state index is 5.82. The molecule has 0 spiro atoms. The molecule has 1 aliphatic carbocycles. The van der Waals surface area contributed by atoms with Crippen LogP contribution in [0.4, 0.5) is 5.82 Å². The standard InChI is InChI=1S/C10H13BrClN3O/c1-16-5-4-15(7-2-3-7)9-8(11)6-13-10(12)14-9/h6-7H,2-5H2,1H3. The molecule has 1 saturated carbocycles. The van der Waals surface area contributed by atoms with E-state index in [4.69, 9.17) is 16.3 Å². The van der Waals surface area contributed by atoms with E-state index in [9.17, 15) is 0 Å². The predicted molar refractivity (Wildman–Crippen MR) is 67.0 cm³/mol. The smallest absolute Gasteiger partial charge is 0.224 e. The van der Waals surface area contributed by atoms with Gasteiger partial charge >= 0.3 is 0 Å². The zero-order valence-corrected chi connectivity index (χ0v) is 11.3. The Morgan fingerprint density at radius 1 is 1.62 bits per heavy atom. The second kappa shape index (κ2) is 5.29. The molecule has 0 aliphatic heterocycles. The summed E-state index contributed by atoms with van der Waals surface area (Å²) < 4.78 is 5.98. The monoisotopic (exact) mass is 305 g/mol. The van der Waals surface area contributed by atoms with E-state index in [1.807, 2.05) is 0 Å². The van der Waals surface area contributed by atoms with Crippen molar-refractivity contribution in [3.63, 3.8) is 0 Å². The molecule has 0 bridgehead atoms. The van der Waals surface area contributed by atoms with E-state index in [2.05, 4.69) is 30.8 Å². The van der Waals surface area contributed by atoms with E-state index in [0.29, 0.717) is 12.6 Å². The second-order valence-electron chi connectivity index (χ2n) is 3.73. The number of methoxy groups -OCH3 is 1. The fourth-order valence-corrected chi connectivity index (χ4v) is 2.12. The van der Waals surface area contributed by atoms with Crippen molar-refractivity contribution in [3.8, 4) is 0 Å². The Labute approximate surface area is 108 Å². The molecule has 1 fully saturated rings. The van der Waals surface area contributed by atoms with Crippen molar-refractivity contribution in [1.82, 2.24) is 9.97 Å². The van der Waals surface area contributed by atoms with Gasteiger partial charge in [-0.3, -0.25) is 0 Å². The average Bonchev–Trinajstić information content (AvgIpc) is 3.08. The van der Waals surface area contributed by atoms with Crippen LogP contribution in [0.5, 0.6) is 0 Å². The maximum Gasteiger partial charge on any atom is 0.224 e. The van der Waals surface area contributed by atoms with E-state index in [-0.39, 0.29) is 5.28 Å². The first-order valence-electron chi connectivity index (χ1n) is 5.16. The van der Waals surface area contributed by atoms with Crippen LogP contribution < -0.4 is 4.90 Å². The third-order valence-electron chi connectivity index (χ3n) is 2.49. The van der Waals surface area contributed by atoms with E-state index in [1.54, 1.807) is 13.3 Å². The third kappa shape index (κ3) is 2.84. The Morgan fingerprint density at radius 3 is 3.00 bits per heavy atom. The van der Waals surface area contributed by atoms with E-state index < -0.39 is 0 Å². The first-order chi connectivity index (χ1) is 7.72. The van der Waals surface area contributed by atoms with Gasteiger partial charge in [0.05, 0.1) is 11.1 Å². The lowest BCUT2D eigenvalue weighted by atomic mass is 10.4. The Hall–Kier alpha value is -0.390. The molecule has 16 heavy (non-hydrogen) atoms. The second-order valence-corrected chi connectivity index (χ2v) is 4.92. The van der Waals surface area contributed by atoms with Gasteiger partial charge in [-0.1, -0.05) is 0 Å². The summed E-state index contributed by atoms with van der Waals surface area (Å²) in [5, 5.41) is 0.279. The third-order valence-corrected chi connectivity index (χ3v) is 3.23. The lowest BCUT2D eigenvalue weighted by Gasteiger charge is -2.23. The highest BCUT2D eigenvalue weighted by Gasteiger charge is 2.31. The van der Waals surface area contributed by atoms with Gasteiger partial charge in [0.25, 0.3) is 0 Å². The molecular formula is C10H13BrClN3O. The number of ether oxygens (including phenoxy) is 1. The normalized spacial score (nSPS) is 15.2. The summed E-state index contributed by atoms with van der Waals surface area (Å²) in [5.74, 6) is 0.861. The Bertz CT molecular complexity index is 373. The van der Waals surface area contributed by atoms with Crippen LogP contribution in [-0.2, 0) is 4.74 Å². The van der Waals surface area contributed by atoms with Crippen molar-refractivity contribution < 1.29 is 4.74 Å². The first kappa shape index (κ1) is 12.1. The van der Waals surface area contributed by atoms with Crippen LogP contribution in [-0.4, -0.2) is 36.3 Å². The molecule has 0 radical (unpaired) electrons. The van der Waals surface area contributed by atoms with E-state index in [0.717, 1.165) is 16.8 Å². The topological polar surface area (TPSA) is 38.2 Å². The number of hydrogen-bond acceptors (Lipinski definition) is 4. The molecule has 0 unspecified atom stereocenters. The van der Waals surface area contributed by atoms with Gasteiger partial charge < -0.3 is 9.64 Å². The number of halogens is 2. The minimum absolute atomic E-state index is 0.279. The van der Waals surface area contributed by atoms with Gasteiger partial charge in [-0.2, -0.15) is 4.98 Å². The highest BCUT2D eigenvalue weighted by Crippen LogP contribution is 2.34. The summed E-state index contributed by atoms with van der Waals surface area (Å²) >= 11 is 9.27. The van der Waals surface area contributed by atoms with Crippen molar-refractivity contribution in [2.45, 2.75) is 18.9 Å². The molecule has 6 heteroatoms. The average molecular weight is 307 g/mol. The van der Waals surface area contributed by atoms with E-state index in [1.165, 1.54) is 12.8 Å². The van der Waals surface area contributed by atoms with Crippen molar-refractivity contribution in [2.75, 3.05) is 25.2 Å². The summed E-state index contributed by atoms with van der Waals surface area (Å²) in [4.78, 5) is 10.4. The number of aromatic nitrogens is 2. The van der Waals surface area contributed by atoms with Crippen LogP contribution >= 0.6 is 27.5 Å². The molecule has 0 atom stereocenters. The van der Waals surface area contributed by atoms with Gasteiger partial charge in [0.2, 0.25) is 5.28 Å². The van der Waals surface area contributed by atoms with Crippen molar-refractivity contribution in [3.05, 3.63) is 16.0 Å². The van der Waals surface area contributed by atoms with Crippen molar-refractivity contribution in [2.24, 2.45) is 0 Å². The molecule has 1 aromatic rings. The molecule has 0 aromatic carbocycles. The summed E-state index contributed by atoms with van der Waals surface area (Å²) in [7, 11) is 1.70. The highest BCUT2D eigenvalue weighted by atomic mass is 79.9. The van der Waals surface area contributed by atoms with Crippen LogP contribution in [0.1, 0.15) is 12.8 Å². The minimum Gasteiger partial charge on any atom is -0.383 e. The van der Waals surface area contributed by atoms with Crippen LogP contribution in [0.3, 0.4) is 0 Å². The Morgan fingerprint density at radius 2 is 2.38 bits per heavy atom. The van der Waals surface area contributed by atoms with Gasteiger partial charge in [0.15, 0.2) is 0 Å². The zero-order valence-electron chi connectivity index (χ0n) is 8.99. The quantitative estimate of drug-likeness (QED) is 0.784. The molecule has 0 N–H and O–H groups in total. The predicted octanol–water partition coefficient (Wildman–Crippen LogP) is 2.51. The highest BCUT2D eigenvalue weighted by molar-refractivity contribution is 9.10. The summed E-state index contributed by atoms with van der Waals surface area (Å²) in [5.41, 5.74) is 0. The van der Waals surface area contributed by atoms with Crippen LogP contribution in [0.25, 0.3) is 0 Å². The largest absolute Gasteiger partial charge is 0.383 e. The Balaban J connectivity index is 2.19. The zero-order chi connectivity index (χ0) is 11.5. The molecule has 1 aromatic heterocycles. The van der Waals surface area contributed by atoms with Crippen molar-refractivity contribution in [1.29, 1.82) is 0 Å². The lowest BCUT2D eigenvalue weighted by molar-refractivity contribution is 0.204. The molecule has 1 aliphatic rings. The van der Waals surface area contributed by atoms with Gasteiger partial charge in [0.1, 0.15) is 5.82 Å². The van der Waals surface area contributed by atoms with Gasteiger partial charge in [-0.05, 0) is 40.4 Å². The van der Waals surface area contributed by atoms with Crippen LogP contribution in [0.2, 0.25) is 5.28 Å². The number of anilines is 1. The number of hydrogen-bond donors (Lipinski definition) is 0. The minimum atomic E-state index is 0.279. The molecule has 2 rings (SSSR count). The molecule has 1 heterocycles. The summed E-state index contributed by atoms with van der Waals surface area (Å²) in [6.07, 6.45) is 4.10. The molecular weight excluding hydrogens is 293 g/mol.